The second kappa shape index (κ2) is 8.01. The van der Waals surface area contributed by atoms with Gasteiger partial charge in [-0.25, -0.2) is 0 Å². The predicted octanol–water partition coefficient (Wildman–Crippen LogP) is 3.31. The summed E-state index contributed by atoms with van der Waals surface area (Å²) in [6, 6.07) is 18.0. The first-order valence-corrected chi connectivity index (χ1v) is 9.60. The van der Waals surface area contributed by atoms with Crippen LogP contribution in [-0.2, 0) is 10.1 Å². The van der Waals surface area contributed by atoms with Gasteiger partial charge in [-0.3, -0.25) is 0 Å². The van der Waals surface area contributed by atoms with E-state index >= 15 is 0 Å². The molecule has 2 atom stereocenters. The Morgan fingerprint density at radius 2 is 1.58 bits per heavy atom. The van der Waals surface area contributed by atoms with Gasteiger partial charge in [0, 0.05) is 12.5 Å². The van der Waals surface area contributed by atoms with Crippen molar-refractivity contribution in [3.8, 4) is 5.75 Å². The number of nitrogens with one attached hydrogen (secondary N) is 1. The zero-order valence-corrected chi connectivity index (χ0v) is 15.1. The molecule has 1 aliphatic rings. The SMILES string of the molecule is CS(=O)(=O)Oc1ccc([C@H]2CCNC[C@@H]2c2ccccc2)cc1.Cl. The fraction of sp³-hybridized carbons (Fsp3) is 0.333. The highest BCUT2D eigenvalue weighted by Crippen LogP contribution is 2.37. The van der Waals surface area contributed by atoms with Crippen LogP contribution in [0.3, 0.4) is 0 Å². The third kappa shape index (κ3) is 4.72. The van der Waals surface area contributed by atoms with E-state index in [2.05, 4.69) is 29.6 Å². The van der Waals surface area contributed by atoms with Gasteiger partial charge in [0.25, 0.3) is 0 Å². The molecule has 3 rings (SSSR count). The summed E-state index contributed by atoms with van der Waals surface area (Å²) < 4.78 is 27.3. The standard InChI is InChI=1S/C18H21NO3S.ClH/c1-23(20,21)22-16-9-7-15(8-10-16)17-11-12-19-13-18(17)14-5-3-2-4-6-14;/h2-10,17-19H,11-13H2,1H3;1H/t17-,18-;/m1./s1. The van der Waals surface area contributed by atoms with E-state index in [1.807, 2.05) is 18.2 Å². The summed E-state index contributed by atoms with van der Waals surface area (Å²) in [5, 5.41) is 3.47. The second-order valence-electron chi connectivity index (χ2n) is 5.97. The molecule has 0 unspecified atom stereocenters. The average Bonchev–Trinajstić information content (AvgIpc) is 2.55. The first kappa shape index (κ1) is 18.8. The molecule has 2 aromatic rings. The van der Waals surface area contributed by atoms with Crippen LogP contribution in [0.4, 0.5) is 0 Å². The number of hydrogen-bond acceptors (Lipinski definition) is 4. The predicted molar refractivity (Wildman–Crippen MR) is 98.6 cm³/mol. The molecule has 1 aliphatic heterocycles. The summed E-state index contributed by atoms with van der Waals surface area (Å²) in [6.07, 6.45) is 2.12. The van der Waals surface area contributed by atoms with Gasteiger partial charge in [0.05, 0.1) is 6.26 Å². The highest BCUT2D eigenvalue weighted by atomic mass is 35.5. The smallest absolute Gasteiger partial charge is 0.306 e. The van der Waals surface area contributed by atoms with Gasteiger partial charge in [-0.1, -0.05) is 42.5 Å². The molecule has 0 spiro atoms. The molecular formula is C18H22ClNO3S. The van der Waals surface area contributed by atoms with Crippen LogP contribution in [0.1, 0.15) is 29.4 Å². The third-order valence-corrected chi connectivity index (χ3v) is 4.76. The van der Waals surface area contributed by atoms with Crippen molar-refractivity contribution >= 4 is 22.5 Å². The lowest BCUT2D eigenvalue weighted by atomic mass is 9.77. The number of piperidine rings is 1. The van der Waals surface area contributed by atoms with Crippen LogP contribution in [0.5, 0.6) is 5.75 Å². The molecule has 0 aromatic heterocycles. The molecule has 1 N–H and O–H groups in total. The Bertz CT molecular complexity index is 748. The molecule has 130 valence electrons. The first-order valence-electron chi connectivity index (χ1n) is 7.78. The largest absolute Gasteiger partial charge is 0.383 e. The molecule has 1 fully saturated rings. The Balaban J connectivity index is 0.00000208. The molecule has 2 aromatic carbocycles. The summed E-state index contributed by atoms with van der Waals surface area (Å²) in [7, 11) is -3.48. The van der Waals surface area contributed by atoms with Crippen molar-refractivity contribution in [3.63, 3.8) is 0 Å². The van der Waals surface area contributed by atoms with Crippen LogP contribution in [-0.4, -0.2) is 27.8 Å². The average molecular weight is 368 g/mol. The number of benzene rings is 2. The Morgan fingerprint density at radius 1 is 0.958 bits per heavy atom. The minimum absolute atomic E-state index is 0. The van der Waals surface area contributed by atoms with Gasteiger partial charge in [0.15, 0.2) is 0 Å². The lowest BCUT2D eigenvalue weighted by Crippen LogP contribution is -2.34. The minimum Gasteiger partial charge on any atom is -0.383 e. The third-order valence-electron chi connectivity index (χ3n) is 4.27. The molecular weight excluding hydrogens is 346 g/mol. The van der Waals surface area contributed by atoms with Gasteiger partial charge in [-0.15, -0.1) is 12.4 Å². The Labute approximate surface area is 149 Å². The quantitative estimate of drug-likeness (QED) is 0.842. The second-order valence-corrected chi connectivity index (χ2v) is 7.55. The van der Waals surface area contributed by atoms with Crippen molar-refractivity contribution in [2.24, 2.45) is 0 Å². The Hall–Kier alpha value is -1.56. The molecule has 0 bridgehead atoms. The van der Waals surface area contributed by atoms with Crippen LogP contribution in [0.15, 0.2) is 54.6 Å². The van der Waals surface area contributed by atoms with Gasteiger partial charge in [0.2, 0.25) is 0 Å². The number of rotatable bonds is 4. The Morgan fingerprint density at radius 3 is 2.21 bits per heavy atom. The van der Waals surface area contributed by atoms with E-state index in [1.54, 1.807) is 12.1 Å². The van der Waals surface area contributed by atoms with Gasteiger partial charge < -0.3 is 9.50 Å². The van der Waals surface area contributed by atoms with E-state index in [4.69, 9.17) is 4.18 Å². The molecule has 24 heavy (non-hydrogen) atoms. The maximum Gasteiger partial charge on any atom is 0.306 e. The topological polar surface area (TPSA) is 55.4 Å². The van der Waals surface area contributed by atoms with Gasteiger partial charge in [0.1, 0.15) is 5.75 Å². The molecule has 1 heterocycles. The van der Waals surface area contributed by atoms with E-state index in [-0.39, 0.29) is 12.4 Å². The number of halogens is 1. The molecule has 4 nitrogen and oxygen atoms in total. The van der Waals surface area contributed by atoms with Crippen molar-refractivity contribution in [1.82, 2.24) is 5.32 Å². The highest BCUT2D eigenvalue weighted by molar-refractivity contribution is 7.86. The van der Waals surface area contributed by atoms with Crippen LogP contribution >= 0.6 is 12.4 Å². The molecule has 1 saturated heterocycles. The maximum atomic E-state index is 11.2. The zero-order chi connectivity index (χ0) is 16.3. The summed E-state index contributed by atoms with van der Waals surface area (Å²) in [5.41, 5.74) is 2.56. The van der Waals surface area contributed by atoms with Crippen LogP contribution in [0.25, 0.3) is 0 Å². The van der Waals surface area contributed by atoms with E-state index < -0.39 is 10.1 Å². The zero-order valence-electron chi connectivity index (χ0n) is 13.5. The van der Waals surface area contributed by atoms with Crippen LogP contribution < -0.4 is 9.50 Å². The fourth-order valence-electron chi connectivity index (χ4n) is 3.25. The normalized spacial score (nSPS) is 20.9. The highest BCUT2D eigenvalue weighted by Gasteiger charge is 2.27. The maximum absolute atomic E-state index is 11.2. The number of hydrogen-bond donors (Lipinski definition) is 1. The molecule has 0 amide bonds. The first-order chi connectivity index (χ1) is 11.0. The monoisotopic (exact) mass is 367 g/mol. The Kier molecular flexibility index (Phi) is 6.27. The minimum atomic E-state index is -3.48. The summed E-state index contributed by atoms with van der Waals surface area (Å²) in [6.45, 7) is 1.95. The van der Waals surface area contributed by atoms with Crippen LogP contribution in [0, 0.1) is 0 Å². The summed E-state index contributed by atoms with van der Waals surface area (Å²) in [5.74, 6) is 1.21. The van der Waals surface area contributed by atoms with Crippen molar-refractivity contribution in [2.75, 3.05) is 19.3 Å². The van der Waals surface area contributed by atoms with Crippen molar-refractivity contribution in [3.05, 3.63) is 65.7 Å². The van der Waals surface area contributed by atoms with Crippen molar-refractivity contribution in [1.29, 1.82) is 0 Å². The van der Waals surface area contributed by atoms with Gasteiger partial charge in [-0.05, 0) is 42.1 Å². The van der Waals surface area contributed by atoms with Crippen molar-refractivity contribution < 1.29 is 12.6 Å². The lowest BCUT2D eigenvalue weighted by molar-refractivity contribution is 0.404. The van der Waals surface area contributed by atoms with E-state index in [1.165, 1.54) is 11.1 Å². The van der Waals surface area contributed by atoms with E-state index in [9.17, 15) is 8.42 Å². The molecule has 0 radical (unpaired) electrons. The van der Waals surface area contributed by atoms with E-state index in [0.717, 1.165) is 25.8 Å². The summed E-state index contributed by atoms with van der Waals surface area (Å²) in [4.78, 5) is 0. The van der Waals surface area contributed by atoms with Gasteiger partial charge >= 0.3 is 10.1 Å². The fourth-order valence-corrected chi connectivity index (χ4v) is 3.71. The van der Waals surface area contributed by atoms with Crippen LogP contribution in [0.2, 0.25) is 0 Å². The van der Waals surface area contributed by atoms with Gasteiger partial charge in [-0.2, -0.15) is 8.42 Å². The lowest BCUT2D eigenvalue weighted by Gasteiger charge is -2.33. The molecule has 0 saturated carbocycles. The molecule has 6 heteroatoms. The molecule has 0 aliphatic carbocycles. The van der Waals surface area contributed by atoms with E-state index in [0.29, 0.717) is 17.6 Å². The summed E-state index contributed by atoms with van der Waals surface area (Å²) >= 11 is 0. The van der Waals surface area contributed by atoms with Crippen molar-refractivity contribution in [2.45, 2.75) is 18.3 Å².